The van der Waals surface area contributed by atoms with Crippen LogP contribution in [-0.4, -0.2) is 36.3 Å². The molecule has 2 N–H and O–H groups in total. The molecule has 2 aromatic rings. The highest BCUT2D eigenvalue weighted by molar-refractivity contribution is 5.80. The van der Waals surface area contributed by atoms with Crippen LogP contribution in [0.25, 0.3) is 0 Å². The van der Waals surface area contributed by atoms with E-state index >= 15 is 0 Å². The van der Waals surface area contributed by atoms with Crippen molar-refractivity contribution in [3.63, 3.8) is 0 Å². The molecule has 1 fully saturated rings. The van der Waals surface area contributed by atoms with Gasteiger partial charge in [0, 0.05) is 25.9 Å². The molecule has 8 heteroatoms. The van der Waals surface area contributed by atoms with E-state index in [0.29, 0.717) is 48.9 Å². The largest absolute Gasteiger partial charge is 0.490 e. The number of guanidine groups is 1. The number of rotatable bonds is 9. The zero-order valence-electron chi connectivity index (χ0n) is 17.5. The number of halogens is 1. The van der Waals surface area contributed by atoms with Gasteiger partial charge in [-0.25, -0.2) is 4.39 Å². The van der Waals surface area contributed by atoms with Crippen LogP contribution in [0.3, 0.4) is 0 Å². The van der Waals surface area contributed by atoms with Gasteiger partial charge in [0.15, 0.2) is 23.4 Å². The molecule has 0 saturated heterocycles. The molecule has 1 aromatic heterocycles. The minimum Gasteiger partial charge on any atom is -0.490 e. The standard InChI is InChI=1S/C21H30FN5O2/c1-13(2)20-26-19(29-27-20)9-10-24-21(23-4)25-14(3)16-7-8-18(17(22)11-16)28-12-15-5-6-15/h7-8,11,13-15H,5-6,9-10,12H2,1-4H3,(H2,23,24,25). The molecule has 7 nitrogen and oxygen atoms in total. The predicted molar refractivity (Wildman–Crippen MR) is 110 cm³/mol. The number of hydrogen-bond donors (Lipinski definition) is 2. The first-order valence-corrected chi connectivity index (χ1v) is 10.2. The molecule has 0 bridgehead atoms. The highest BCUT2D eigenvalue weighted by Gasteiger charge is 2.22. The first-order chi connectivity index (χ1) is 14.0. The van der Waals surface area contributed by atoms with Crippen LogP contribution in [-0.2, 0) is 6.42 Å². The number of aliphatic imine (C=N–C) groups is 1. The van der Waals surface area contributed by atoms with Gasteiger partial charge in [-0.3, -0.25) is 4.99 Å². The number of nitrogens with one attached hydrogen (secondary N) is 2. The summed E-state index contributed by atoms with van der Waals surface area (Å²) in [5.41, 5.74) is 0.822. The number of aromatic nitrogens is 2. The Hall–Kier alpha value is -2.64. The molecule has 0 radical (unpaired) electrons. The maximum Gasteiger partial charge on any atom is 0.228 e. The summed E-state index contributed by atoms with van der Waals surface area (Å²) in [6, 6.07) is 4.97. The van der Waals surface area contributed by atoms with Crippen molar-refractivity contribution in [2.24, 2.45) is 10.9 Å². The molecule has 1 aliphatic carbocycles. The lowest BCUT2D eigenvalue weighted by molar-refractivity contribution is 0.285. The predicted octanol–water partition coefficient (Wildman–Crippen LogP) is 3.59. The van der Waals surface area contributed by atoms with Gasteiger partial charge in [0.1, 0.15) is 0 Å². The smallest absolute Gasteiger partial charge is 0.228 e. The van der Waals surface area contributed by atoms with Gasteiger partial charge >= 0.3 is 0 Å². The van der Waals surface area contributed by atoms with E-state index in [4.69, 9.17) is 9.26 Å². The summed E-state index contributed by atoms with van der Waals surface area (Å²) in [4.78, 5) is 8.58. The maximum atomic E-state index is 14.3. The first-order valence-electron chi connectivity index (χ1n) is 10.2. The van der Waals surface area contributed by atoms with Crippen molar-refractivity contribution in [1.29, 1.82) is 0 Å². The molecule has 29 heavy (non-hydrogen) atoms. The average molecular weight is 404 g/mol. The molecule has 0 spiro atoms. The molecule has 1 aromatic carbocycles. The van der Waals surface area contributed by atoms with Gasteiger partial charge < -0.3 is 19.9 Å². The Bertz CT molecular complexity index is 832. The molecule has 1 aliphatic rings. The van der Waals surface area contributed by atoms with Gasteiger partial charge in [-0.1, -0.05) is 25.1 Å². The number of ether oxygens (including phenoxy) is 1. The van der Waals surface area contributed by atoms with Crippen LogP contribution >= 0.6 is 0 Å². The zero-order valence-corrected chi connectivity index (χ0v) is 17.5. The molecule has 3 rings (SSSR count). The van der Waals surface area contributed by atoms with Crippen LogP contribution in [0.5, 0.6) is 5.75 Å². The topological polar surface area (TPSA) is 84.6 Å². The third-order valence-electron chi connectivity index (χ3n) is 4.84. The van der Waals surface area contributed by atoms with Crippen molar-refractivity contribution in [2.45, 2.75) is 52.0 Å². The summed E-state index contributed by atoms with van der Waals surface area (Å²) in [5, 5.41) is 10.4. The van der Waals surface area contributed by atoms with E-state index in [1.807, 2.05) is 26.8 Å². The average Bonchev–Trinajstić information content (AvgIpc) is 3.41. The summed E-state index contributed by atoms with van der Waals surface area (Å²) >= 11 is 0. The fraction of sp³-hybridized carbons (Fsp3) is 0.571. The van der Waals surface area contributed by atoms with Crippen molar-refractivity contribution in [2.75, 3.05) is 20.2 Å². The SMILES string of the molecule is CN=C(NCCc1nc(C(C)C)no1)NC(C)c1ccc(OCC2CC2)c(F)c1. The van der Waals surface area contributed by atoms with Crippen molar-refractivity contribution in [3.05, 3.63) is 41.3 Å². The van der Waals surface area contributed by atoms with E-state index in [0.717, 1.165) is 5.56 Å². The van der Waals surface area contributed by atoms with Gasteiger partial charge in [0.25, 0.3) is 0 Å². The fourth-order valence-corrected chi connectivity index (χ4v) is 2.77. The van der Waals surface area contributed by atoms with E-state index in [1.165, 1.54) is 18.9 Å². The van der Waals surface area contributed by atoms with Crippen LogP contribution in [0, 0.1) is 11.7 Å². The van der Waals surface area contributed by atoms with Crippen LogP contribution < -0.4 is 15.4 Å². The molecule has 1 unspecified atom stereocenters. The Morgan fingerprint density at radius 1 is 1.34 bits per heavy atom. The molecule has 1 saturated carbocycles. The normalized spacial score (nSPS) is 15.4. The number of benzene rings is 1. The zero-order chi connectivity index (χ0) is 20.8. The Morgan fingerprint density at radius 2 is 2.14 bits per heavy atom. The maximum absolute atomic E-state index is 14.3. The monoisotopic (exact) mass is 403 g/mol. The van der Waals surface area contributed by atoms with Crippen LogP contribution in [0.1, 0.15) is 62.9 Å². The fourth-order valence-electron chi connectivity index (χ4n) is 2.77. The van der Waals surface area contributed by atoms with E-state index in [-0.39, 0.29) is 17.8 Å². The Morgan fingerprint density at radius 3 is 2.76 bits per heavy atom. The number of nitrogens with zero attached hydrogens (tertiary/aromatic N) is 3. The Labute approximate surface area is 171 Å². The summed E-state index contributed by atoms with van der Waals surface area (Å²) in [6.45, 7) is 7.19. The van der Waals surface area contributed by atoms with Gasteiger partial charge in [0.2, 0.25) is 5.89 Å². The third kappa shape index (κ3) is 6.17. The van der Waals surface area contributed by atoms with Crippen molar-refractivity contribution < 1.29 is 13.7 Å². The second kappa shape index (κ2) is 9.71. The highest BCUT2D eigenvalue weighted by atomic mass is 19.1. The molecular weight excluding hydrogens is 373 g/mol. The van der Waals surface area contributed by atoms with E-state index in [1.54, 1.807) is 13.1 Å². The summed E-state index contributed by atoms with van der Waals surface area (Å²) < 4.78 is 25.1. The quantitative estimate of drug-likeness (QED) is 0.492. The Balaban J connectivity index is 1.48. The van der Waals surface area contributed by atoms with Gasteiger partial charge in [-0.2, -0.15) is 4.98 Å². The van der Waals surface area contributed by atoms with Gasteiger partial charge in [0.05, 0.1) is 12.6 Å². The summed E-state index contributed by atoms with van der Waals surface area (Å²) in [6.07, 6.45) is 2.95. The van der Waals surface area contributed by atoms with Crippen molar-refractivity contribution in [3.8, 4) is 5.75 Å². The lowest BCUT2D eigenvalue weighted by atomic mass is 10.1. The van der Waals surface area contributed by atoms with Crippen LogP contribution in [0.15, 0.2) is 27.7 Å². The van der Waals surface area contributed by atoms with Crippen LogP contribution in [0.2, 0.25) is 0 Å². The molecular formula is C21H30FN5O2. The molecule has 1 atom stereocenters. The summed E-state index contributed by atoms with van der Waals surface area (Å²) in [7, 11) is 1.70. The minimum atomic E-state index is -0.336. The van der Waals surface area contributed by atoms with E-state index in [2.05, 4.69) is 25.8 Å². The van der Waals surface area contributed by atoms with E-state index < -0.39 is 0 Å². The Kier molecular flexibility index (Phi) is 7.06. The minimum absolute atomic E-state index is 0.121. The second-order valence-corrected chi connectivity index (χ2v) is 7.76. The third-order valence-corrected chi connectivity index (χ3v) is 4.84. The lowest BCUT2D eigenvalue weighted by Crippen LogP contribution is -2.39. The second-order valence-electron chi connectivity index (χ2n) is 7.76. The van der Waals surface area contributed by atoms with E-state index in [9.17, 15) is 4.39 Å². The first kappa shape index (κ1) is 21.1. The van der Waals surface area contributed by atoms with Gasteiger partial charge in [-0.15, -0.1) is 0 Å². The molecule has 1 heterocycles. The highest BCUT2D eigenvalue weighted by Crippen LogP contribution is 2.30. The molecule has 0 aliphatic heterocycles. The molecule has 158 valence electrons. The van der Waals surface area contributed by atoms with Crippen LogP contribution in [0.4, 0.5) is 4.39 Å². The van der Waals surface area contributed by atoms with Crippen molar-refractivity contribution in [1.82, 2.24) is 20.8 Å². The van der Waals surface area contributed by atoms with Crippen molar-refractivity contribution >= 4 is 5.96 Å². The summed E-state index contributed by atoms with van der Waals surface area (Å²) in [5.74, 6) is 2.73. The van der Waals surface area contributed by atoms with Gasteiger partial charge in [-0.05, 0) is 43.4 Å². The number of hydrogen-bond acceptors (Lipinski definition) is 5. The lowest BCUT2D eigenvalue weighted by Gasteiger charge is -2.18. The molecule has 0 amide bonds.